The van der Waals surface area contributed by atoms with Crippen LogP contribution in [-0.4, -0.2) is 41.7 Å². The Kier molecular flexibility index (Phi) is 5.74. The van der Waals surface area contributed by atoms with Crippen molar-refractivity contribution in [2.24, 2.45) is 5.92 Å². The summed E-state index contributed by atoms with van der Waals surface area (Å²) in [5.41, 5.74) is 0. The van der Waals surface area contributed by atoms with Gasteiger partial charge in [0.05, 0.1) is 12.3 Å². The Morgan fingerprint density at radius 1 is 1.44 bits per heavy atom. The predicted molar refractivity (Wildman–Crippen MR) is 70.9 cm³/mol. The van der Waals surface area contributed by atoms with E-state index in [4.69, 9.17) is 0 Å². The molecular weight excluding hydrogens is 252 g/mol. The van der Waals surface area contributed by atoms with E-state index in [1.165, 1.54) is 6.26 Å². The predicted octanol–water partition coefficient (Wildman–Crippen LogP) is 0.458. The molecule has 1 N–H and O–H groups in total. The molecule has 0 radical (unpaired) electrons. The minimum absolute atomic E-state index is 0.221. The van der Waals surface area contributed by atoms with Crippen LogP contribution >= 0.6 is 0 Å². The van der Waals surface area contributed by atoms with Gasteiger partial charge in [0.2, 0.25) is 0 Å². The molecule has 0 amide bonds. The lowest BCUT2D eigenvalue weighted by atomic mass is 10.2. The fraction of sp³-hybridized carbons (Fsp3) is 0.818. The largest absolute Gasteiger partial charge is 0.310 e. The molecule has 1 aromatic rings. The second kappa shape index (κ2) is 6.84. The molecule has 1 rings (SSSR count). The average Bonchev–Trinajstić information content (AvgIpc) is 2.62. The number of nitrogens with zero attached hydrogens (tertiary/aromatic N) is 3. The van der Waals surface area contributed by atoms with E-state index in [1.807, 2.05) is 4.68 Å². The van der Waals surface area contributed by atoms with Crippen LogP contribution in [0.15, 0.2) is 6.33 Å². The first-order valence-electron chi connectivity index (χ1n) is 6.13. The van der Waals surface area contributed by atoms with Crippen molar-refractivity contribution in [3.05, 3.63) is 12.2 Å². The highest BCUT2D eigenvalue weighted by atomic mass is 32.2. The zero-order valence-electron chi connectivity index (χ0n) is 11.3. The minimum atomic E-state index is -2.86. The van der Waals surface area contributed by atoms with Crippen molar-refractivity contribution in [1.82, 2.24) is 20.1 Å². The van der Waals surface area contributed by atoms with E-state index < -0.39 is 9.84 Å². The summed E-state index contributed by atoms with van der Waals surface area (Å²) in [6.45, 7) is 6.40. The van der Waals surface area contributed by atoms with E-state index in [9.17, 15) is 8.42 Å². The van der Waals surface area contributed by atoms with Gasteiger partial charge < -0.3 is 5.32 Å². The van der Waals surface area contributed by atoms with E-state index in [-0.39, 0.29) is 5.75 Å². The van der Waals surface area contributed by atoms with Crippen LogP contribution < -0.4 is 5.32 Å². The zero-order valence-corrected chi connectivity index (χ0v) is 12.1. The number of aromatic nitrogens is 3. The molecule has 6 nitrogen and oxygen atoms in total. The average molecular weight is 274 g/mol. The van der Waals surface area contributed by atoms with Gasteiger partial charge in [-0.3, -0.25) is 0 Å². The summed E-state index contributed by atoms with van der Waals surface area (Å²) in [7, 11) is -2.86. The summed E-state index contributed by atoms with van der Waals surface area (Å²) in [4.78, 5) is 4.19. The summed E-state index contributed by atoms with van der Waals surface area (Å²) in [6.07, 6.45) is 3.43. The fourth-order valence-corrected chi connectivity index (χ4v) is 2.25. The third kappa shape index (κ3) is 6.11. The number of hydrogen-bond acceptors (Lipinski definition) is 5. The van der Waals surface area contributed by atoms with Crippen molar-refractivity contribution in [3.8, 4) is 0 Å². The first-order valence-corrected chi connectivity index (χ1v) is 8.19. The maximum atomic E-state index is 10.9. The number of sulfone groups is 1. The SMILES string of the molecule is CC(C)Cn1ncnc1CNCCCS(C)(=O)=O. The summed E-state index contributed by atoms with van der Waals surface area (Å²) in [5.74, 6) is 1.64. The van der Waals surface area contributed by atoms with Gasteiger partial charge in [-0.2, -0.15) is 5.10 Å². The van der Waals surface area contributed by atoms with Crippen molar-refractivity contribution >= 4 is 9.84 Å². The highest BCUT2D eigenvalue weighted by molar-refractivity contribution is 7.90. The van der Waals surface area contributed by atoms with Crippen LogP contribution in [0.25, 0.3) is 0 Å². The first kappa shape index (κ1) is 15.1. The van der Waals surface area contributed by atoms with E-state index in [2.05, 4.69) is 29.2 Å². The Morgan fingerprint density at radius 3 is 2.78 bits per heavy atom. The van der Waals surface area contributed by atoms with Crippen molar-refractivity contribution in [2.75, 3.05) is 18.6 Å². The van der Waals surface area contributed by atoms with Crippen LogP contribution in [0.2, 0.25) is 0 Å². The molecule has 1 heterocycles. The lowest BCUT2D eigenvalue weighted by Crippen LogP contribution is -2.21. The molecule has 0 bridgehead atoms. The second-order valence-electron chi connectivity index (χ2n) is 4.91. The van der Waals surface area contributed by atoms with Gasteiger partial charge in [0, 0.05) is 12.8 Å². The summed E-state index contributed by atoms with van der Waals surface area (Å²) >= 11 is 0. The summed E-state index contributed by atoms with van der Waals surface area (Å²) in [5, 5.41) is 7.35. The zero-order chi connectivity index (χ0) is 13.6. The van der Waals surface area contributed by atoms with Crippen LogP contribution in [0.4, 0.5) is 0 Å². The van der Waals surface area contributed by atoms with E-state index in [1.54, 1.807) is 6.33 Å². The molecule has 0 saturated carbocycles. The van der Waals surface area contributed by atoms with Gasteiger partial charge in [-0.15, -0.1) is 0 Å². The smallest absolute Gasteiger partial charge is 0.147 e. The molecular formula is C11H22N4O2S. The topological polar surface area (TPSA) is 76.9 Å². The number of nitrogens with one attached hydrogen (secondary N) is 1. The third-order valence-corrected chi connectivity index (χ3v) is 3.42. The van der Waals surface area contributed by atoms with Crippen molar-refractivity contribution in [3.63, 3.8) is 0 Å². The summed E-state index contributed by atoms with van der Waals surface area (Å²) < 4.78 is 23.8. The minimum Gasteiger partial charge on any atom is -0.310 e. The van der Waals surface area contributed by atoms with E-state index >= 15 is 0 Å². The van der Waals surface area contributed by atoms with Crippen molar-refractivity contribution in [2.45, 2.75) is 33.4 Å². The Balaban J connectivity index is 2.29. The molecule has 1 aromatic heterocycles. The Labute approximate surface area is 109 Å². The Morgan fingerprint density at radius 2 is 2.17 bits per heavy atom. The van der Waals surface area contributed by atoms with E-state index in [0.717, 1.165) is 12.4 Å². The lowest BCUT2D eigenvalue weighted by molar-refractivity contribution is 0.457. The second-order valence-corrected chi connectivity index (χ2v) is 7.17. The Hall–Kier alpha value is -0.950. The molecule has 0 fully saturated rings. The fourth-order valence-electron chi connectivity index (χ4n) is 1.58. The van der Waals surface area contributed by atoms with Gasteiger partial charge in [-0.1, -0.05) is 13.8 Å². The molecule has 0 atom stereocenters. The molecule has 0 aromatic carbocycles. The normalized spacial score (nSPS) is 12.2. The molecule has 0 unspecified atom stereocenters. The van der Waals surface area contributed by atoms with Crippen LogP contribution in [0.1, 0.15) is 26.1 Å². The molecule has 104 valence electrons. The maximum absolute atomic E-state index is 10.9. The monoisotopic (exact) mass is 274 g/mol. The standard InChI is InChI=1S/C11H22N4O2S/c1-10(2)8-15-11(13-9-14-15)7-12-5-4-6-18(3,16)17/h9-10,12H,4-8H2,1-3H3. The molecule has 0 aliphatic carbocycles. The van der Waals surface area contributed by atoms with Gasteiger partial charge in [-0.05, 0) is 18.9 Å². The third-order valence-electron chi connectivity index (χ3n) is 2.39. The van der Waals surface area contributed by atoms with Crippen LogP contribution in [0.5, 0.6) is 0 Å². The van der Waals surface area contributed by atoms with E-state index in [0.29, 0.717) is 25.4 Å². The van der Waals surface area contributed by atoms with Crippen LogP contribution in [-0.2, 0) is 22.9 Å². The highest BCUT2D eigenvalue weighted by Gasteiger charge is 2.06. The van der Waals surface area contributed by atoms with Crippen LogP contribution in [0, 0.1) is 5.92 Å². The molecule has 0 saturated heterocycles. The van der Waals surface area contributed by atoms with Crippen LogP contribution in [0.3, 0.4) is 0 Å². The van der Waals surface area contributed by atoms with Gasteiger partial charge >= 0.3 is 0 Å². The Bertz CT molecular complexity index is 453. The summed E-state index contributed by atoms with van der Waals surface area (Å²) in [6, 6.07) is 0. The molecule has 18 heavy (non-hydrogen) atoms. The van der Waals surface area contributed by atoms with Gasteiger partial charge in [0.1, 0.15) is 22.0 Å². The van der Waals surface area contributed by atoms with Gasteiger partial charge in [0.25, 0.3) is 0 Å². The van der Waals surface area contributed by atoms with Crippen molar-refractivity contribution < 1.29 is 8.42 Å². The molecule has 0 aliphatic rings. The lowest BCUT2D eigenvalue weighted by Gasteiger charge is -2.09. The molecule has 0 spiro atoms. The van der Waals surface area contributed by atoms with Gasteiger partial charge in [0.15, 0.2) is 0 Å². The van der Waals surface area contributed by atoms with Gasteiger partial charge in [-0.25, -0.2) is 18.1 Å². The quantitative estimate of drug-likeness (QED) is 0.697. The highest BCUT2D eigenvalue weighted by Crippen LogP contribution is 2.00. The maximum Gasteiger partial charge on any atom is 0.147 e. The van der Waals surface area contributed by atoms with Crippen molar-refractivity contribution in [1.29, 1.82) is 0 Å². The molecule has 7 heteroatoms. The first-order chi connectivity index (χ1) is 8.38. The number of rotatable bonds is 8. The number of hydrogen-bond donors (Lipinski definition) is 1. The molecule has 0 aliphatic heterocycles.